The minimum absolute atomic E-state index is 0.139. The number of para-hydroxylation sites is 1. The van der Waals surface area contributed by atoms with Crippen molar-refractivity contribution in [2.45, 2.75) is 19.3 Å². The molecule has 5 aromatic carbocycles. The number of benzene rings is 5. The van der Waals surface area contributed by atoms with Crippen LogP contribution >= 0.6 is 0 Å². The first kappa shape index (κ1) is 22.4. The molecule has 8 rings (SSSR count). The van der Waals surface area contributed by atoms with Crippen molar-refractivity contribution in [3.05, 3.63) is 139 Å². The van der Waals surface area contributed by atoms with E-state index in [0.717, 1.165) is 5.56 Å². The second-order valence-corrected chi connectivity index (χ2v) is 11.2. The zero-order chi connectivity index (χ0) is 26.1. The summed E-state index contributed by atoms with van der Waals surface area (Å²) in [5.41, 5.74) is 12.8. The molecule has 0 saturated carbocycles. The van der Waals surface area contributed by atoms with Crippen LogP contribution in [0.2, 0.25) is 0 Å². The van der Waals surface area contributed by atoms with E-state index in [4.69, 9.17) is 0 Å². The maximum Gasteiger partial charge on any atom is 0.246 e. The Labute approximate surface area is 229 Å². The molecule has 39 heavy (non-hydrogen) atoms. The van der Waals surface area contributed by atoms with Crippen LogP contribution in [0.4, 0.5) is 17.1 Å². The predicted octanol–water partition coefficient (Wildman–Crippen LogP) is 6.84. The highest BCUT2D eigenvalue weighted by Crippen LogP contribution is 2.54. The van der Waals surface area contributed by atoms with Crippen LogP contribution in [0.5, 0.6) is 0 Å². The Kier molecular flexibility index (Phi) is 4.69. The van der Waals surface area contributed by atoms with Crippen molar-refractivity contribution in [3.63, 3.8) is 0 Å². The Morgan fingerprint density at radius 3 is 2.31 bits per heavy atom. The summed E-state index contributed by atoms with van der Waals surface area (Å²) in [4.78, 5) is 6.96. The molecule has 0 spiro atoms. The maximum atomic E-state index is 4.41. The zero-order valence-corrected chi connectivity index (χ0v) is 22.1. The van der Waals surface area contributed by atoms with Crippen LogP contribution in [0.1, 0.15) is 25.0 Å². The van der Waals surface area contributed by atoms with Gasteiger partial charge in [0, 0.05) is 34.7 Å². The Morgan fingerprint density at radius 2 is 1.46 bits per heavy atom. The van der Waals surface area contributed by atoms with Gasteiger partial charge < -0.3 is 4.90 Å². The first-order valence-corrected chi connectivity index (χ1v) is 13.7. The lowest BCUT2D eigenvalue weighted by molar-refractivity contribution is 0.638. The molecule has 2 aliphatic heterocycles. The Balaban J connectivity index is 1.54. The largest absolute Gasteiger partial charge is 0.311 e. The number of aromatic nitrogens is 1. The number of rotatable bonds is 2. The topological polar surface area (TPSA) is 16.1 Å². The van der Waals surface area contributed by atoms with E-state index >= 15 is 0 Å². The van der Waals surface area contributed by atoms with E-state index in [2.05, 4.69) is 133 Å². The van der Waals surface area contributed by atoms with E-state index in [-0.39, 0.29) is 12.1 Å². The molecule has 3 heterocycles. The monoisotopic (exact) mass is 498 g/mol. The summed E-state index contributed by atoms with van der Waals surface area (Å²) >= 11 is 0. The third-order valence-corrected chi connectivity index (χ3v) is 8.74. The number of hydrogen-bond acceptors (Lipinski definition) is 2. The molecule has 0 aliphatic carbocycles. The lowest BCUT2D eigenvalue weighted by Crippen LogP contribution is -2.58. The fraction of sp³-hybridized carbons (Fsp3) is 0.0833. The SMILES string of the molecule is CC1(C)c2ccccc2N2c3cc(-c4cccnc4)ccc3B(c3ccccc3)c3cc4ccccc4c1c32. The van der Waals surface area contributed by atoms with Gasteiger partial charge in [-0.15, -0.1) is 0 Å². The molecule has 0 unspecified atom stereocenters. The van der Waals surface area contributed by atoms with Gasteiger partial charge in [0.25, 0.3) is 0 Å². The van der Waals surface area contributed by atoms with E-state index in [1.54, 1.807) is 0 Å². The first-order chi connectivity index (χ1) is 19.1. The van der Waals surface area contributed by atoms with E-state index in [1.165, 1.54) is 60.9 Å². The van der Waals surface area contributed by atoms with Crippen LogP contribution < -0.4 is 21.3 Å². The fourth-order valence-corrected chi connectivity index (χ4v) is 7.02. The summed E-state index contributed by atoms with van der Waals surface area (Å²) in [5, 5.41) is 2.63. The average molecular weight is 498 g/mol. The van der Waals surface area contributed by atoms with Gasteiger partial charge in [-0.1, -0.05) is 116 Å². The van der Waals surface area contributed by atoms with Crippen molar-refractivity contribution in [1.29, 1.82) is 0 Å². The molecule has 6 aromatic rings. The molecule has 0 atom stereocenters. The molecule has 2 aliphatic rings. The summed E-state index contributed by atoms with van der Waals surface area (Å²) in [6.07, 6.45) is 3.79. The highest BCUT2D eigenvalue weighted by atomic mass is 15.2. The van der Waals surface area contributed by atoms with E-state index in [0.29, 0.717) is 0 Å². The van der Waals surface area contributed by atoms with Crippen molar-refractivity contribution >= 4 is 50.9 Å². The molecule has 1 aromatic heterocycles. The summed E-state index contributed by atoms with van der Waals surface area (Å²) in [5.74, 6) is 0. The standard InChI is InChI=1S/C36H27BN2/c1-36(2)29-16-8-9-17-32(29)39-33-22-24(26-12-10-20-38-23-26)18-19-30(33)37(27-13-4-3-5-14-27)31-21-25-11-6-7-15-28(25)34(36)35(31)39/h3-23H,1-2H3. The van der Waals surface area contributed by atoms with Crippen LogP contribution in [0.15, 0.2) is 128 Å². The average Bonchev–Trinajstić information content (AvgIpc) is 2.99. The number of fused-ring (bicyclic) bond motifs is 6. The van der Waals surface area contributed by atoms with Gasteiger partial charge in [-0.05, 0) is 56.6 Å². The van der Waals surface area contributed by atoms with Crippen molar-refractivity contribution in [2.24, 2.45) is 0 Å². The Hall–Kier alpha value is -4.63. The minimum Gasteiger partial charge on any atom is -0.311 e. The summed E-state index contributed by atoms with van der Waals surface area (Å²) in [6.45, 7) is 4.93. The van der Waals surface area contributed by atoms with Crippen LogP contribution in [0, 0.1) is 0 Å². The minimum atomic E-state index is -0.155. The molecule has 0 radical (unpaired) electrons. The van der Waals surface area contributed by atoms with Gasteiger partial charge in [-0.2, -0.15) is 0 Å². The van der Waals surface area contributed by atoms with E-state index in [1.807, 2.05) is 18.5 Å². The number of anilines is 3. The molecule has 0 N–H and O–H groups in total. The second-order valence-electron chi connectivity index (χ2n) is 11.2. The van der Waals surface area contributed by atoms with Gasteiger partial charge in [-0.25, -0.2) is 0 Å². The van der Waals surface area contributed by atoms with Crippen molar-refractivity contribution in [1.82, 2.24) is 4.98 Å². The number of nitrogens with zero attached hydrogens (tertiary/aromatic N) is 2. The van der Waals surface area contributed by atoms with Crippen molar-refractivity contribution in [3.8, 4) is 11.1 Å². The van der Waals surface area contributed by atoms with Gasteiger partial charge in [0.2, 0.25) is 6.71 Å². The van der Waals surface area contributed by atoms with Crippen LogP contribution in [0.25, 0.3) is 21.9 Å². The third kappa shape index (κ3) is 3.13. The molecular weight excluding hydrogens is 471 g/mol. The van der Waals surface area contributed by atoms with Crippen molar-refractivity contribution < 1.29 is 0 Å². The first-order valence-electron chi connectivity index (χ1n) is 13.7. The van der Waals surface area contributed by atoms with Crippen LogP contribution in [-0.2, 0) is 5.41 Å². The molecule has 0 saturated heterocycles. The third-order valence-electron chi connectivity index (χ3n) is 8.74. The zero-order valence-electron chi connectivity index (χ0n) is 22.1. The molecule has 0 bridgehead atoms. The summed E-state index contributed by atoms with van der Waals surface area (Å²) in [6, 6.07) is 42.5. The summed E-state index contributed by atoms with van der Waals surface area (Å²) in [7, 11) is 0. The molecule has 0 fully saturated rings. The second kappa shape index (κ2) is 8.18. The van der Waals surface area contributed by atoms with Crippen LogP contribution in [0.3, 0.4) is 0 Å². The fourth-order valence-electron chi connectivity index (χ4n) is 7.02. The highest BCUT2D eigenvalue weighted by molar-refractivity contribution is 6.98. The molecule has 3 heteroatoms. The lowest BCUT2D eigenvalue weighted by atomic mass is 9.34. The molecule has 0 amide bonds. The normalized spacial score (nSPS) is 14.5. The van der Waals surface area contributed by atoms with Gasteiger partial charge in [0.05, 0.1) is 5.69 Å². The molecule has 184 valence electrons. The van der Waals surface area contributed by atoms with Gasteiger partial charge >= 0.3 is 0 Å². The Bertz CT molecular complexity index is 1890. The predicted molar refractivity (Wildman–Crippen MR) is 165 cm³/mol. The molecular formula is C36H27BN2. The van der Waals surface area contributed by atoms with Gasteiger partial charge in [0.1, 0.15) is 0 Å². The maximum absolute atomic E-state index is 4.41. The number of hydrogen-bond donors (Lipinski definition) is 0. The molecule has 2 nitrogen and oxygen atoms in total. The smallest absolute Gasteiger partial charge is 0.246 e. The quantitative estimate of drug-likeness (QED) is 0.243. The van der Waals surface area contributed by atoms with Crippen LogP contribution in [-0.4, -0.2) is 11.7 Å². The summed E-state index contributed by atoms with van der Waals surface area (Å²) < 4.78 is 0. The van der Waals surface area contributed by atoms with Gasteiger partial charge in [0.15, 0.2) is 0 Å². The Morgan fingerprint density at radius 1 is 0.667 bits per heavy atom. The highest BCUT2D eigenvalue weighted by Gasteiger charge is 2.45. The number of pyridine rings is 1. The van der Waals surface area contributed by atoms with E-state index in [9.17, 15) is 0 Å². The van der Waals surface area contributed by atoms with E-state index < -0.39 is 0 Å². The van der Waals surface area contributed by atoms with Gasteiger partial charge in [-0.3, -0.25) is 4.98 Å². The van der Waals surface area contributed by atoms with Crippen molar-refractivity contribution in [2.75, 3.05) is 4.90 Å². The lowest BCUT2D eigenvalue weighted by Gasteiger charge is -2.47.